The van der Waals surface area contributed by atoms with Crippen molar-refractivity contribution < 1.29 is 0 Å². The van der Waals surface area contributed by atoms with Gasteiger partial charge in [-0.1, -0.05) is 26.3 Å². The van der Waals surface area contributed by atoms with Crippen molar-refractivity contribution in [2.45, 2.75) is 52.6 Å². The number of nitrogens with one attached hydrogen (secondary N) is 1. The van der Waals surface area contributed by atoms with E-state index in [-0.39, 0.29) is 0 Å². The molecule has 0 amide bonds. The molecule has 0 radical (unpaired) electrons. The third-order valence-electron chi connectivity index (χ3n) is 3.33. The molecule has 0 aromatic carbocycles. The van der Waals surface area contributed by atoms with Crippen LogP contribution in [0.25, 0.3) is 0 Å². The van der Waals surface area contributed by atoms with Crippen LogP contribution in [0.4, 0.5) is 5.82 Å². The highest BCUT2D eigenvalue weighted by atomic mass is 15.3. The molecule has 1 aromatic heterocycles. The van der Waals surface area contributed by atoms with Crippen LogP contribution in [0.15, 0.2) is 18.2 Å². The number of nitrogens with zero attached hydrogens (tertiary/aromatic N) is 2. The van der Waals surface area contributed by atoms with E-state index in [0.29, 0.717) is 6.04 Å². The lowest BCUT2D eigenvalue weighted by molar-refractivity contribution is 0.190. The van der Waals surface area contributed by atoms with Gasteiger partial charge in [0.15, 0.2) is 0 Å². The number of rotatable bonds is 8. The number of anilines is 1. The van der Waals surface area contributed by atoms with Gasteiger partial charge in [0.25, 0.3) is 0 Å². The van der Waals surface area contributed by atoms with Crippen molar-refractivity contribution in [3.63, 3.8) is 0 Å². The monoisotopic (exact) mass is 250 g/mol. The maximum absolute atomic E-state index is 5.39. The summed E-state index contributed by atoms with van der Waals surface area (Å²) in [5, 5.41) is 0. The standard InChI is InChI=1S/C14H26N4/c1-4-6-10-18(12(3)5-2)11-13-8-7-9-14(16-13)17-15/h7-9,12H,4-6,10-11,15H2,1-3H3,(H,16,17). The summed E-state index contributed by atoms with van der Waals surface area (Å²) in [5.41, 5.74) is 3.67. The summed E-state index contributed by atoms with van der Waals surface area (Å²) < 4.78 is 0. The van der Waals surface area contributed by atoms with E-state index in [1.165, 1.54) is 19.3 Å². The molecule has 1 unspecified atom stereocenters. The first-order chi connectivity index (χ1) is 8.71. The molecule has 0 saturated heterocycles. The van der Waals surface area contributed by atoms with E-state index in [1.807, 2.05) is 12.1 Å². The zero-order valence-electron chi connectivity index (χ0n) is 11.8. The lowest BCUT2D eigenvalue weighted by atomic mass is 10.2. The fourth-order valence-corrected chi connectivity index (χ4v) is 1.93. The molecule has 4 nitrogen and oxygen atoms in total. The zero-order chi connectivity index (χ0) is 13.4. The minimum atomic E-state index is 0.591. The van der Waals surface area contributed by atoms with E-state index >= 15 is 0 Å². The SMILES string of the molecule is CCCCN(Cc1cccc(NN)n1)C(C)CC. The van der Waals surface area contributed by atoms with Crippen molar-refractivity contribution in [1.82, 2.24) is 9.88 Å². The van der Waals surface area contributed by atoms with Crippen LogP contribution in [0.1, 0.15) is 45.7 Å². The molecule has 0 aliphatic heterocycles. The van der Waals surface area contributed by atoms with Gasteiger partial charge in [-0.25, -0.2) is 10.8 Å². The quantitative estimate of drug-likeness (QED) is 0.550. The molecule has 0 spiro atoms. The van der Waals surface area contributed by atoms with Crippen LogP contribution < -0.4 is 11.3 Å². The molecule has 0 fully saturated rings. The van der Waals surface area contributed by atoms with Crippen LogP contribution in [-0.4, -0.2) is 22.5 Å². The number of nitrogens with two attached hydrogens (primary N) is 1. The molecule has 102 valence electrons. The largest absolute Gasteiger partial charge is 0.308 e. The van der Waals surface area contributed by atoms with Crippen molar-refractivity contribution in [3.8, 4) is 0 Å². The van der Waals surface area contributed by atoms with Crippen LogP contribution in [0.3, 0.4) is 0 Å². The van der Waals surface area contributed by atoms with Gasteiger partial charge in [0.05, 0.1) is 5.69 Å². The van der Waals surface area contributed by atoms with Crippen molar-refractivity contribution in [2.24, 2.45) is 5.84 Å². The molecule has 0 aliphatic rings. The van der Waals surface area contributed by atoms with Crippen molar-refractivity contribution >= 4 is 5.82 Å². The summed E-state index contributed by atoms with van der Waals surface area (Å²) in [7, 11) is 0. The second-order valence-electron chi connectivity index (χ2n) is 4.74. The predicted octanol–water partition coefficient (Wildman–Crippen LogP) is 2.77. The Morgan fingerprint density at radius 2 is 2.17 bits per heavy atom. The fourth-order valence-electron chi connectivity index (χ4n) is 1.93. The van der Waals surface area contributed by atoms with Crippen molar-refractivity contribution in [3.05, 3.63) is 23.9 Å². The Bertz CT molecular complexity index is 340. The molecule has 0 saturated carbocycles. The summed E-state index contributed by atoms with van der Waals surface area (Å²) >= 11 is 0. The Morgan fingerprint density at radius 3 is 2.78 bits per heavy atom. The molecule has 1 heterocycles. The lowest BCUT2D eigenvalue weighted by Crippen LogP contribution is -2.33. The summed E-state index contributed by atoms with van der Waals surface area (Å²) in [4.78, 5) is 6.97. The topological polar surface area (TPSA) is 54.2 Å². The molecule has 0 bridgehead atoms. The van der Waals surface area contributed by atoms with Crippen LogP contribution in [0.2, 0.25) is 0 Å². The number of hydrogen-bond donors (Lipinski definition) is 2. The maximum Gasteiger partial charge on any atom is 0.140 e. The number of nitrogen functional groups attached to an aromatic ring is 1. The Hall–Kier alpha value is -1.13. The third-order valence-corrected chi connectivity index (χ3v) is 3.33. The normalized spacial score (nSPS) is 12.7. The van der Waals surface area contributed by atoms with Gasteiger partial charge >= 0.3 is 0 Å². The first-order valence-corrected chi connectivity index (χ1v) is 6.87. The average Bonchev–Trinajstić information content (AvgIpc) is 2.42. The van der Waals surface area contributed by atoms with Gasteiger partial charge in [0.2, 0.25) is 0 Å². The minimum Gasteiger partial charge on any atom is -0.308 e. The van der Waals surface area contributed by atoms with E-state index in [0.717, 1.165) is 24.6 Å². The Kier molecular flexibility index (Phi) is 6.68. The van der Waals surface area contributed by atoms with Gasteiger partial charge in [0, 0.05) is 12.6 Å². The molecular weight excluding hydrogens is 224 g/mol. The molecular formula is C14H26N4. The Labute approximate surface area is 111 Å². The van der Waals surface area contributed by atoms with Crippen molar-refractivity contribution in [1.29, 1.82) is 0 Å². The average molecular weight is 250 g/mol. The molecule has 1 atom stereocenters. The van der Waals surface area contributed by atoms with E-state index in [4.69, 9.17) is 5.84 Å². The molecule has 1 rings (SSSR count). The first kappa shape index (κ1) is 14.9. The van der Waals surface area contributed by atoms with Gasteiger partial charge in [-0.15, -0.1) is 0 Å². The molecule has 3 N–H and O–H groups in total. The van der Waals surface area contributed by atoms with Crippen LogP contribution >= 0.6 is 0 Å². The van der Waals surface area contributed by atoms with Crippen LogP contribution in [-0.2, 0) is 6.54 Å². The van der Waals surface area contributed by atoms with E-state index in [2.05, 4.69) is 42.1 Å². The number of hydrazine groups is 1. The van der Waals surface area contributed by atoms with E-state index < -0.39 is 0 Å². The van der Waals surface area contributed by atoms with E-state index in [1.54, 1.807) is 0 Å². The Balaban J connectivity index is 2.68. The second kappa shape index (κ2) is 8.06. The molecule has 1 aromatic rings. The second-order valence-corrected chi connectivity index (χ2v) is 4.74. The van der Waals surface area contributed by atoms with Gasteiger partial charge in [-0.2, -0.15) is 0 Å². The minimum absolute atomic E-state index is 0.591. The highest BCUT2D eigenvalue weighted by Gasteiger charge is 2.12. The Morgan fingerprint density at radius 1 is 1.39 bits per heavy atom. The smallest absolute Gasteiger partial charge is 0.140 e. The molecule has 4 heteroatoms. The van der Waals surface area contributed by atoms with Gasteiger partial charge in [-0.05, 0) is 38.4 Å². The number of hydrogen-bond acceptors (Lipinski definition) is 4. The molecule has 0 aliphatic carbocycles. The van der Waals surface area contributed by atoms with E-state index in [9.17, 15) is 0 Å². The van der Waals surface area contributed by atoms with Gasteiger partial charge in [-0.3, -0.25) is 4.90 Å². The fraction of sp³-hybridized carbons (Fsp3) is 0.643. The predicted molar refractivity (Wildman–Crippen MR) is 77.1 cm³/mol. The summed E-state index contributed by atoms with van der Waals surface area (Å²) in [5.74, 6) is 6.12. The van der Waals surface area contributed by atoms with Crippen LogP contribution in [0, 0.1) is 0 Å². The summed E-state index contributed by atoms with van der Waals surface area (Å²) in [6.45, 7) is 8.76. The highest BCUT2D eigenvalue weighted by Crippen LogP contribution is 2.12. The maximum atomic E-state index is 5.39. The lowest BCUT2D eigenvalue weighted by Gasteiger charge is -2.28. The number of aromatic nitrogens is 1. The zero-order valence-corrected chi connectivity index (χ0v) is 11.8. The first-order valence-electron chi connectivity index (χ1n) is 6.87. The molecule has 18 heavy (non-hydrogen) atoms. The number of unbranched alkanes of at least 4 members (excludes halogenated alkanes) is 1. The highest BCUT2D eigenvalue weighted by molar-refractivity contribution is 5.33. The van der Waals surface area contributed by atoms with Gasteiger partial charge < -0.3 is 5.43 Å². The number of pyridine rings is 1. The van der Waals surface area contributed by atoms with Crippen molar-refractivity contribution in [2.75, 3.05) is 12.0 Å². The van der Waals surface area contributed by atoms with Crippen LogP contribution in [0.5, 0.6) is 0 Å². The third kappa shape index (κ3) is 4.63. The summed E-state index contributed by atoms with van der Waals surface area (Å²) in [6, 6.07) is 6.52. The van der Waals surface area contributed by atoms with Gasteiger partial charge in [0.1, 0.15) is 5.82 Å². The summed E-state index contributed by atoms with van der Waals surface area (Å²) in [6.07, 6.45) is 3.63.